The fourth-order valence-electron chi connectivity index (χ4n) is 0.336. The van der Waals surface area contributed by atoms with Gasteiger partial charge in [-0.3, -0.25) is 9.59 Å². The van der Waals surface area contributed by atoms with E-state index in [-0.39, 0.29) is 5.48 Å². The van der Waals surface area contributed by atoms with Crippen LogP contribution >= 0.6 is 0 Å². The summed E-state index contributed by atoms with van der Waals surface area (Å²) in [4.78, 5) is 19.8. The molecular weight excluding hydrogens is 203 g/mol. The molecule has 0 amide bonds. The van der Waals surface area contributed by atoms with Crippen LogP contribution < -0.4 is 0 Å². The van der Waals surface area contributed by atoms with Crippen LogP contribution in [-0.4, -0.2) is 29.6 Å². The summed E-state index contributed by atoms with van der Waals surface area (Å²) in [7, 11) is 0. The number of carbonyl (C=O) groups excluding carboxylic acids is 2. The minimum atomic E-state index is -5.22. The largest absolute Gasteiger partial charge is 0.450 e. The smallest absolute Gasteiger partial charge is 0.412 e. The molecule has 8 heteroatoms. The van der Waals surface area contributed by atoms with Gasteiger partial charge in [-0.05, 0) is 0 Å². The van der Waals surface area contributed by atoms with Crippen molar-refractivity contribution in [2.45, 2.75) is 19.0 Å². The molecule has 0 aromatic carbocycles. The Kier molecular flexibility index (Phi) is 5.40. The highest BCUT2D eigenvalue weighted by Crippen LogP contribution is 2.18. The van der Waals surface area contributed by atoms with Gasteiger partial charge in [0.15, 0.2) is 0 Å². The average Bonchev–Trinajstić information content (AvgIpc) is 1.85. The third kappa shape index (κ3) is 5.23. The summed E-state index contributed by atoms with van der Waals surface area (Å²) in [6.07, 6.45) is -10.5. The second-order valence-corrected chi connectivity index (χ2v) is 1.86. The van der Waals surface area contributed by atoms with Crippen molar-refractivity contribution >= 4 is 11.6 Å². The Bertz CT molecular complexity index is 197. The van der Waals surface area contributed by atoms with E-state index in [0.717, 1.165) is 0 Å². The monoisotopic (exact) mass is 208 g/mol. The maximum Gasteiger partial charge on any atom is 0.450 e. The molecule has 0 spiro atoms. The first kappa shape index (κ1) is 14.5. The van der Waals surface area contributed by atoms with Crippen molar-refractivity contribution in [2.75, 3.05) is 0 Å². The van der Waals surface area contributed by atoms with Crippen LogP contribution in [0.4, 0.5) is 22.0 Å². The van der Waals surface area contributed by atoms with Gasteiger partial charge in [0.1, 0.15) is 0 Å². The van der Waals surface area contributed by atoms with Crippen LogP contribution in [0.2, 0.25) is 0 Å². The fraction of sp³-hybridized carbons (Fsp3) is 0.600. The number of alkyl halides is 5. The van der Waals surface area contributed by atoms with Crippen molar-refractivity contribution in [3.05, 3.63) is 0 Å². The zero-order valence-electron chi connectivity index (χ0n) is 5.99. The van der Waals surface area contributed by atoms with Crippen LogP contribution in [0.15, 0.2) is 0 Å². The summed E-state index contributed by atoms with van der Waals surface area (Å²) in [5.41, 5.74) is 0. The van der Waals surface area contributed by atoms with Gasteiger partial charge < -0.3 is 5.48 Å². The Hall–Kier alpha value is -1.05. The molecule has 0 aliphatic rings. The molecule has 2 N–H and O–H groups in total. The van der Waals surface area contributed by atoms with Gasteiger partial charge in [-0.2, -0.15) is 13.2 Å². The van der Waals surface area contributed by atoms with E-state index in [9.17, 15) is 31.5 Å². The molecule has 0 fully saturated rings. The number of halogens is 5. The minimum Gasteiger partial charge on any atom is -0.412 e. The minimum absolute atomic E-state index is 0. The molecule has 0 aromatic heterocycles. The van der Waals surface area contributed by atoms with Crippen molar-refractivity contribution in [2.24, 2.45) is 0 Å². The molecule has 0 radical (unpaired) electrons. The number of rotatable bonds is 3. The van der Waals surface area contributed by atoms with Gasteiger partial charge in [-0.25, -0.2) is 8.78 Å². The maximum atomic E-state index is 11.3. The molecular formula is C5H5F5O3. The molecule has 0 rings (SSSR count). The van der Waals surface area contributed by atoms with Crippen LogP contribution in [0, 0.1) is 0 Å². The molecule has 0 heterocycles. The number of carbonyl (C=O) groups is 2. The van der Waals surface area contributed by atoms with Gasteiger partial charge in [0.05, 0.1) is 6.42 Å². The molecule has 0 saturated carbocycles. The Morgan fingerprint density at radius 2 is 1.54 bits per heavy atom. The lowest BCUT2D eigenvalue weighted by Gasteiger charge is -2.02. The summed E-state index contributed by atoms with van der Waals surface area (Å²) >= 11 is 0. The predicted molar refractivity (Wildman–Crippen MR) is 30.3 cm³/mol. The van der Waals surface area contributed by atoms with E-state index in [1.54, 1.807) is 0 Å². The van der Waals surface area contributed by atoms with E-state index in [1.807, 2.05) is 0 Å². The number of ketones is 2. The Labute approximate surface area is 68.8 Å². The first-order valence-electron chi connectivity index (χ1n) is 2.66. The second kappa shape index (κ2) is 4.85. The maximum absolute atomic E-state index is 11.3. The highest BCUT2D eigenvalue weighted by Gasteiger charge is 2.40. The number of hydrogen-bond donors (Lipinski definition) is 0. The van der Waals surface area contributed by atoms with Gasteiger partial charge in [0.2, 0.25) is 11.6 Å². The summed E-state index contributed by atoms with van der Waals surface area (Å²) in [6, 6.07) is 0. The van der Waals surface area contributed by atoms with E-state index in [0.29, 0.717) is 0 Å². The topological polar surface area (TPSA) is 65.6 Å². The Balaban J connectivity index is 0. The molecule has 3 nitrogen and oxygen atoms in total. The first-order valence-corrected chi connectivity index (χ1v) is 2.66. The van der Waals surface area contributed by atoms with Crippen LogP contribution in [-0.2, 0) is 9.59 Å². The lowest BCUT2D eigenvalue weighted by molar-refractivity contribution is -0.172. The van der Waals surface area contributed by atoms with Gasteiger partial charge >= 0.3 is 6.18 Å². The van der Waals surface area contributed by atoms with E-state index < -0.39 is 30.6 Å². The quantitative estimate of drug-likeness (QED) is 0.501. The average molecular weight is 208 g/mol. The number of hydrogen-bond acceptors (Lipinski definition) is 2. The molecule has 0 atom stereocenters. The zero-order valence-corrected chi connectivity index (χ0v) is 5.99. The van der Waals surface area contributed by atoms with Crippen molar-refractivity contribution in [1.82, 2.24) is 0 Å². The van der Waals surface area contributed by atoms with Crippen molar-refractivity contribution < 1.29 is 37.0 Å². The second-order valence-electron chi connectivity index (χ2n) is 1.86. The Morgan fingerprint density at radius 3 is 1.77 bits per heavy atom. The van der Waals surface area contributed by atoms with Crippen molar-refractivity contribution in [1.29, 1.82) is 0 Å². The van der Waals surface area contributed by atoms with E-state index in [1.165, 1.54) is 0 Å². The van der Waals surface area contributed by atoms with Gasteiger partial charge in [-0.1, -0.05) is 0 Å². The lowest BCUT2D eigenvalue weighted by Crippen LogP contribution is -2.27. The first-order chi connectivity index (χ1) is 5.25. The SMILES string of the molecule is O.O=C(CC(=O)C(F)(F)F)C(F)F. The van der Waals surface area contributed by atoms with Crippen LogP contribution in [0.25, 0.3) is 0 Å². The summed E-state index contributed by atoms with van der Waals surface area (Å²) in [6.45, 7) is 0. The van der Waals surface area contributed by atoms with Crippen LogP contribution in [0.3, 0.4) is 0 Å². The molecule has 13 heavy (non-hydrogen) atoms. The molecule has 0 aliphatic carbocycles. The van der Waals surface area contributed by atoms with Gasteiger partial charge in [0, 0.05) is 0 Å². The van der Waals surface area contributed by atoms with E-state index in [2.05, 4.69) is 0 Å². The highest BCUT2D eigenvalue weighted by atomic mass is 19.4. The molecule has 0 aliphatic heterocycles. The van der Waals surface area contributed by atoms with Gasteiger partial charge in [0.25, 0.3) is 6.43 Å². The summed E-state index contributed by atoms with van der Waals surface area (Å²) in [5.74, 6) is -4.47. The van der Waals surface area contributed by atoms with Crippen molar-refractivity contribution in [3.63, 3.8) is 0 Å². The highest BCUT2D eigenvalue weighted by molar-refractivity contribution is 6.02. The lowest BCUT2D eigenvalue weighted by atomic mass is 10.2. The van der Waals surface area contributed by atoms with Crippen molar-refractivity contribution in [3.8, 4) is 0 Å². The fourth-order valence-corrected chi connectivity index (χ4v) is 0.336. The molecule has 0 saturated heterocycles. The summed E-state index contributed by atoms with van der Waals surface area (Å²) < 4.78 is 56.6. The van der Waals surface area contributed by atoms with Crippen LogP contribution in [0.1, 0.15) is 6.42 Å². The predicted octanol–water partition coefficient (Wildman–Crippen LogP) is 0.517. The Morgan fingerprint density at radius 1 is 1.15 bits per heavy atom. The number of Topliss-reactive ketones (excluding diaryl/α,β-unsaturated/α-hetero) is 2. The molecule has 0 bridgehead atoms. The molecule has 0 unspecified atom stereocenters. The van der Waals surface area contributed by atoms with E-state index in [4.69, 9.17) is 0 Å². The van der Waals surface area contributed by atoms with E-state index >= 15 is 0 Å². The third-order valence-corrected chi connectivity index (χ3v) is 0.894. The zero-order chi connectivity index (χ0) is 9.94. The van der Waals surface area contributed by atoms with Crippen LogP contribution in [0.5, 0.6) is 0 Å². The molecule has 78 valence electrons. The van der Waals surface area contributed by atoms with Gasteiger partial charge in [-0.15, -0.1) is 0 Å². The molecule has 0 aromatic rings. The standard InChI is InChI=1S/C5H3F5O2.H2O/c6-4(7)2(11)1-3(12)5(8,9)10;/h4H,1H2;1H2. The normalized spacial score (nSPS) is 10.9. The third-order valence-electron chi connectivity index (χ3n) is 0.894. The summed E-state index contributed by atoms with van der Waals surface area (Å²) in [5, 5.41) is 0.